The van der Waals surface area contributed by atoms with E-state index in [0.717, 1.165) is 0 Å². The van der Waals surface area contributed by atoms with Crippen molar-refractivity contribution in [3.63, 3.8) is 0 Å². The molecule has 0 fully saturated rings. The Morgan fingerprint density at radius 3 is 2.71 bits per heavy atom. The smallest absolute Gasteiger partial charge is 0.358 e. The summed E-state index contributed by atoms with van der Waals surface area (Å²) in [4.78, 5) is 15.0. The summed E-state index contributed by atoms with van der Waals surface area (Å²) in [6, 6.07) is 7.51. The lowest BCUT2D eigenvalue weighted by atomic mass is 10.2. The van der Waals surface area contributed by atoms with E-state index in [4.69, 9.17) is 14.6 Å². The Balaban J connectivity index is 2.18. The third kappa shape index (κ3) is 3.47. The molecule has 110 valence electrons. The van der Waals surface area contributed by atoms with Crippen molar-refractivity contribution in [1.29, 1.82) is 0 Å². The topological polar surface area (TPSA) is 68.7 Å². The number of methoxy groups -OCH3 is 1. The number of hydrogen-bond donors (Lipinski definition) is 1. The number of aromatic nitrogens is 1. The molecule has 6 heteroatoms. The van der Waals surface area contributed by atoms with Gasteiger partial charge >= 0.3 is 5.97 Å². The van der Waals surface area contributed by atoms with Crippen LogP contribution in [-0.2, 0) is 6.61 Å². The molecule has 0 saturated heterocycles. The summed E-state index contributed by atoms with van der Waals surface area (Å²) in [7, 11) is 1.45. The molecule has 0 spiro atoms. The number of carboxylic acids is 1. The van der Waals surface area contributed by atoms with E-state index < -0.39 is 11.8 Å². The maximum atomic E-state index is 13.8. The fourth-order valence-corrected chi connectivity index (χ4v) is 1.74. The molecule has 0 aliphatic rings. The molecule has 2 rings (SSSR count). The Morgan fingerprint density at radius 1 is 1.33 bits per heavy atom. The van der Waals surface area contributed by atoms with Crippen molar-refractivity contribution >= 4 is 5.97 Å². The van der Waals surface area contributed by atoms with Gasteiger partial charge < -0.3 is 14.6 Å². The van der Waals surface area contributed by atoms with Gasteiger partial charge in [0.2, 0.25) is 0 Å². The van der Waals surface area contributed by atoms with E-state index in [9.17, 15) is 9.18 Å². The van der Waals surface area contributed by atoms with Crippen LogP contribution in [0.2, 0.25) is 0 Å². The third-order valence-corrected chi connectivity index (χ3v) is 2.84. The number of rotatable bonds is 5. The molecule has 5 nitrogen and oxygen atoms in total. The highest BCUT2D eigenvalue weighted by molar-refractivity contribution is 5.88. The fourth-order valence-electron chi connectivity index (χ4n) is 1.74. The van der Waals surface area contributed by atoms with Gasteiger partial charge in [0.25, 0.3) is 0 Å². The molecule has 0 aliphatic carbocycles. The van der Waals surface area contributed by atoms with Crippen LogP contribution in [0.15, 0.2) is 30.3 Å². The maximum Gasteiger partial charge on any atom is 0.358 e. The molecule has 1 heterocycles. The van der Waals surface area contributed by atoms with Crippen molar-refractivity contribution in [2.75, 3.05) is 7.11 Å². The third-order valence-electron chi connectivity index (χ3n) is 2.84. The van der Waals surface area contributed by atoms with Crippen LogP contribution in [0.25, 0.3) is 0 Å². The minimum Gasteiger partial charge on any atom is -0.497 e. The number of aromatic carboxylic acids is 1. The molecule has 21 heavy (non-hydrogen) atoms. The first kappa shape index (κ1) is 14.8. The highest BCUT2D eigenvalue weighted by Gasteiger charge is 2.14. The minimum atomic E-state index is -1.19. The first-order valence-electron chi connectivity index (χ1n) is 6.17. The number of halogens is 1. The Kier molecular flexibility index (Phi) is 4.37. The van der Waals surface area contributed by atoms with E-state index in [1.165, 1.54) is 25.3 Å². The molecular weight excluding hydrogens is 277 g/mol. The fraction of sp³-hybridized carbons (Fsp3) is 0.200. The normalized spacial score (nSPS) is 10.2. The van der Waals surface area contributed by atoms with Crippen LogP contribution in [0.5, 0.6) is 11.5 Å². The highest BCUT2D eigenvalue weighted by Crippen LogP contribution is 2.21. The predicted octanol–water partition coefficient (Wildman–Crippen LogP) is 2.81. The predicted molar refractivity (Wildman–Crippen MR) is 73.2 cm³/mol. The summed E-state index contributed by atoms with van der Waals surface area (Å²) in [6.07, 6.45) is 0. The van der Waals surface area contributed by atoms with Crippen LogP contribution < -0.4 is 9.47 Å². The zero-order valence-corrected chi connectivity index (χ0v) is 11.6. The Bertz CT molecular complexity index is 673. The van der Waals surface area contributed by atoms with Crippen molar-refractivity contribution in [2.24, 2.45) is 0 Å². The molecule has 1 N–H and O–H groups in total. The number of hydrogen-bond acceptors (Lipinski definition) is 4. The van der Waals surface area contributed by atoms with Gasteiger partial charge in [0.05, 0.1) is 7.11 Å². The summed E-state index contributed by atoms with van der Waals surface area (Å²) < 4.78 is 24.0. The van der Waals surface area contributed by atoms with Crippen molar-refractivity contribution in [3.05, 3.63) is 53.1 Å². The van der Waals surface area contributed by atoms with Gasteiger partial charge in [-0.25, -0.2) is 14.2 Å². The number of carbonyl (C=O) groups is 1. The average Bonchev–Trinajstić information content (AvgIpc) is 2.46. The second-order valence-corrected chi connectivity index (χ2v) is 4.35. The van der Waals surface area contributed by atoms with Gasteiger partial charge in [0, 0.05) is 17.3 Å². The molecular formula is C15H14FNO4. The number of carboxylic acid groups (broad SMARTS) is 1. The number of aryl methyl sites for hydroxylation is 1. The molecule has 0 unspecified atom stereocenters. The summed E-state index contributed by atoms with van der Waals surface area (Å²) in [5, 5.41) is 9.08. The first-order valence-corrected chi connectivity index (χ1v) is 6.17. The second kappa shape index (κ2) is 6.21. The van der Waals surface area contributed by atoms with Gasteiger partial charge in [-0.2, -0.15) is 0 Å². The minimum absolute atomic E-state index is 0.0964. The lowest BCUT2D eigenvalue weighted by molar-refractivity contribution is 0.0684. The molecule has 1 aromatic carbocycles. The summed E-state index contributed by atoms with van der Waals surface area (Å²) in [5.41, 5.74) is 0.673. The number of pyridine rings is 1. The SMILES string of the molecule is COc1ccc(COc2ccc(C)nc2C(=O)O)c(F)c1. The molecule has 0 radical (unpaired) electrons. The zero-order valence-electron chi connectivity index (χ0n) is 11.6. The van der Waals surface area contributed by atoms with Gasteiger partial charge in [0.15, 0.2) is 11.4 Å². The molecule has 2 aromatic rings. The molecule has 0 amide bonds. The van der Waals surface area contributed by atoms with Gasteiger partial charge in [-0.1, -0.05) is 0 Å². The summed E-state index contributed by atoms with van der Waals surface area (Å²) >= 11 is 0. The van der Waals surface area contributed by atoms with Crippen molar-refractivity contribution in [2.45, 2.75) is 13.5 Å². The van der Waals surface area contributed by atoms with E-state index in [1.54, 1.807) is 19.1 Å². The van der Waals surface area contributed by atoms with Gasteiger partial charge in [-0.3, -0.25) is 0 Å². The standard InChI is InChI=1S/C15H14FNO4/c1-9-3-6-13(14(17-9)15(18)19)21-8-10-4-5-11(20-2)7-12(10)16/h3-7H,8H2,1-2H3,(H,18,19). The van der Waals surface area contributed by atoms with E-state index in [0.29, 0.717) is 17.0 Å². The van der Waals surface area contributed by atoms with E-state index in [-0.39, 0.29) is 18.1 Å². The molecule has 0 atom stereocenters. The van der Waals surface area contributed by atoms with E-state index in [2.05, 4.69) is 4.98 Å². The largest absolute Gasteiger partial charge is 0.497 e. The second-order valence-electron chi connectivity index (χ2n) is 4.35. The van der Waals surface area contributed by atoms with Crippen LogP contribution >= 0.6 is 0 Å². The van der Waals surface area contributed by atoms with E-state index in [1.807, 2.05) is 0 Å². The molecule has 0 aliphatic heterocycles. The lowest BCUT2D eigenvalue weighted by Crippen LogP contribution is -2.07. The van der Waals surface area contributed by atoms with Gasteiger partial charge in [0.1, 0.15) is 18.2 Å². The molecule has 0 saturated carbocycles. The van der Waals surface area contributed by atoms with E-state index >= 15 is 0 Å². The van der Waals surface area contributed by atoms with Crippen LogP contribution in [0, 0.1) is 12.7 Å². The van der Waals surface area contributed by atoms with Crippen LogP contribution in [0.1, 0.15) is 21.7 Å². The lowest BCUT2D eigenvalue weighted by Gasteiger charge is -2.10. The number of benzene rings is 1. The first-order chi connectivity index (χ1) is 10.0. The Labute approximate surface area is 121 Å². The molecule has 0 bridgehead atoms. The number of nitrogens with zero attached hydrogens (tertiary/aromatic N) is 1. The van der Waals surface area contributed by atoms with Gasteiger partial charge in [-0.05, 0) is 31.2 Å². The zero-order chi connectivity index (χ0) is 15.4. The quantitative estimate of drug-likeness (QED) is 0.917. The molecule has 1 aromatic heterocycles. The van der Waals surface area contributed by atoms with Crippen LogP contribution in [-0.4, -0.2) is 23.2 Å². The summed E-state index contributed by atoms with van der Waals surface area (Å²) in [6.45, 7) is 1.58. The van der Waals surface area contributed by atoms with Crippen molar-refractivity contribution in [1.82, 2.24) is 4.98 Å². The Hall–Kier alpha value is -2.63. The van der Waals surface area contributed by atoms with Crippen molar-refractivity contribution in [3.8, 4) is 11.5 Å². The maximum absolute atomic E-state index is 13.8. The number of ether oxygens (including phenoxy) is 2. The average molecular weight is 291 g/mol. The Morgan fingerprint density at radius 2 is 2.10 bits per heavy atom. The monoisotopic (exact) mass is 291 g/mol. The van der Waals surface area contributed by atoms with Crippen molar-refractivity contribution < 1.29 is 23.8 Å². The van der Waals surface area contributed by atoms with Crippen LogP contribution in [0.3, 0.4) is 0 Å². The van der Waals surface area contributed by atoms with Gasteiger partial charge in [-0.15, -0.1) is 0 Å². The summed E-state index contributed by atoms with van der Waals surface area (Å²) in [5.74, 6) is -1.17. The highest BCUT2D eigenvalue weighted by atomic mass is 19.1. The van der Waals surface area contributed by atoms with Crippen LogP contribution in [0.4, 0.5) is 4.39 Å².